The highest BCUT2D eigenvalue weighted by molar-refractivity contribution is 5.64. The van der Waals surface area contributed by atoms with E-state index in [0.717, 1.165) is 17.7 Å². The average Bonchev–Trinajstić information content (AvgIpc) is 2.66. The van der Waals surface area contributed by atoms with Crippen LogP contribution in [-0.4, -0.2) is 32.7 Å². The Morgan fingerprint density at radius 3 is 2.61 bits per heavy atom. The summed E-state index contributed by atoms with van der Waals surface area (Å²) in [5.74, 6) is 0.747. The molecule has 0 aliphatic carbocycles. The van der Waals surface area contributed by atoms with Crippen molar-refractivity contribution in [1.29, 1.82) is 0 Å². The monoisotopic (exact) mass is 389 g/mol. The Morgan fingerprint density at radius 1 is 1.07 bits per heavy atom. The Labute approximate surface area is 159 Å². The molecule has 3 N–H and O–H groups in total. The first-order valence-electron chi connectivity index (χ1n) is 8.47. The van der Waals surface area contributed by atoms with Gasteiger partial charge in [-0.1, -0.05) is 6.07 Å². The number of nitrogens with one attached hydrogen (secondary N) is 2. The normalized spacial score (nSPS) is 12.5. The molecule has 28 heavy (non-hydrogen) atoms. The number of rotatable bonds is 6. The Balaban J connectivity index is 1.81. The highest BCUT2D eigenvalue weighted by Crippen LogP contribution is 2.31. The van der Waals surface area contributed by atoms with Gasteiger partial charge in [0.05, 0.1) is 17.4 Å². The summed E-state index contributed by atoms with van der Waals surface area (Å²) < 4.78 is 38.6. The van der Waals surface area contributed by atoms with Crippen LogP contribution in [0.4, 0.5) is 30.6 Å². The number of aromatic nitrogens is 3. The van der Waals surface area contributed by atoms with Crippen LogP contribution in [0, 0.1) is 0 Å². The third kappa shape index (κ3) is 5.17. The summed E-state index contributed by atoms with van der Waals surface area (Å²) in [4.78, 5) is 12.6. The van der Waals surface area contributed by atoms with E-state index in [1.165, 1.54) is 18.3 Å². The van der Waals surface area contributed by atoms with Gasteiger partial charge in [0.1, 0.15) is 5.82 Å². The third-order valence-electron chi connectivity index (χ3n) is 3.74. The summed E-state index contributed by atoms with van der Waals surface area (Å²) in [6, 6.07) is 10.0. The molecule has 9 heteroatoms. The number of halogens is 3. The highest BCUT2D eigenvalue weighted by atomic mass is 19.4. The lowest BCUT2D eigenvalue weighted by molar-refractivity contribution is -0.137. The van der Waals surface area contributed by atoms with Crippen LogP contribution in [0.5, 0.6) is 0 Å². The van der Waals surface area contributed by atoms with Gasteiger partial charge in [-0.15, -0.1) is 0 Å². The molecule has 3 aromatic rings. The fourth-order valence-electron chi connectivity index (χ4n) is 2.42. The molecule has 1 aromatic carbocycles. The van der Waals surface area contributed by atoms with Crippen molar-refractivity contribution < 1.29 is 18.3 Å². The van der Waals surface area contributed by atoms with Gasteiger partial charge in [-0.2, -0.15) is 13.2 Å². The van der Waals surface area contributed by atoms with E-state index in [0.29, 0.717) is 18.1 Å². The van der Waals surface area contributed by atoms with Crippen LogP contribution in [0.15, 0.2) is 54.9 Å². The molecule has 0 spiro atoms. The molecule has 0 aliphatic heterocycles. The molecule has 0 aliphatic rings. The molecule has 0 amide bonds. The minimum absolute atomic E-state index is 0.173. The fourth-order valence-corrected chi connectivity index (χ4v) is 2.42. The van der Waals surface area contributed by atoms with Crippen LogP contribution in [-0.2, 0) is 6.18 Å². The molecule has 6 nitrogen and oxygen atoms in total. The Bertz CT molecular complexity index is 947. The van der Waals surface area contributed by atoms with Crippen molar-refractivity contribution in [2.24, 2.45) is 0 Å². The second kappa shape index (κ2) is 8.22. The van der Waals surface area contributed by atoms with Gasteiger partial charge in [-0.3, -0.25) is 0 Å². The van der Waals surface area contributed by atoms with Gasteiger partial charge in [-0.25, -0.2) is 15.0 Å². The van der Waals surface area contributed by atoms with Crippen molar-refractivity contribution in [3.05, 3.63) is 60.4 Å². The van der Waals surface area contributed by atoms with Crippen molar-refractivity contribution >= 4 is 17.5 Å². The second-order valence-electron chi connectivity index (χ2n) is 6.13. The summed E-state index contributed by atoms with van der Waals surface area (Å²) >= 11 is 0. The number of alkyl halides is 3. The molecule has 1 atom stereocenters. The van der Waals surface area contributed by atoms with E-state index < -0.39 is 17.8 Å². The number of benzene rings is 1. The minimum Gasteiger partial charge on any atom is -0.392 e. The molecule has 0 radical (unpaired) electrons. The van der Waals surface area contributed by atoms with Crippen molar-refractivity contribution in [2.45, 2.75) is 19.2 Å². The Kier molecular flexibility index (Phi) is 5.74. The molecular formula is C19H18F3N5O. The van der Waals surface area contributed by atoms with E-state index in [2.05, 4.69) is 25.6 Å². The van der Waals surface area contributed by atoms with Crippen LogP contribution < -0.4 is 10.6 Å². The number of hydrogen-bond acceptors (Lipinski definition) is 6. The van der Waals surface area contributed by atoms with E-state index in [9.17, 15) is 18.3 Å². The molecular weight excluding hydrogens is 371 g/mol. The summed E-state index contributed by atoms with van der Waals surface area (Å²) in [6.07, 6.45) is -1.83. The standard InChI is InChI=1S/C19H18F3N5O/c1-12(28)11-25-17-9-13(5-7-23-17)16-6-8-24-18(27-16)26-15-4-2-3-14(10-15)19(20,21)22/h2-10,12,28H,11H2,1H3,(H,23,25)(H,24,26,27). The zero-order valence-electron chi connectivity index (χ0n) is 14.9. The lowest BCUT2D eigenvalue weighted by atomic mass is 10.2. The van der Waals surface area contributed by atoms with Gasteiger partial charge in [0.15, 0.2) is 0 Å². The fraction of sp³-hybridized carbons (Fsp3) is 0.211. The molecule has 0 fully saturated rings. The number of nitrogens with zero attached hydrogens (tertiary/aromatic N) is 3. The van der Waals surface area contributed by atoms with E-state index in [-0.39, 0.29) is 11.6 Å². The summed E-state index contributed by atoms with van der Waals surface area (Å²) in [5.41, 5.74) is 0.808. The van der Waals surface area contributed by atoms with Crippen molar-refractivity contribution in [3.8, 4) is 11.3 Å². The molecule has 2 aromatic heterocycles. The SMILES string of the molecule is CC(O)CNc1cc(-c2ccnc(Nc3cccc(C(F)(F)F)c3)n2)ccn1. The topological polar surface area (TPSA) is 83.0 Å². The Hall–Kier alpha value is -3.20. The smallest absolute Gasteiger partial charge is 0.392 e. The van der Waals surface area contributed by atoms with Crippen molar-refractivity contribution in [2.75, 3.05) is 17.2 Å². The van der Waals surface area contributed by atoms with Gasteiger partial charge in [-0.05, 0) is 43.3 Å². The number of anilines is 3. The minimum atomic E-state index is -4.42. The first-order chi connectivity index (χ1) is 13.3. The van der Waals surface area contributed by atoms with Gasteiger partial charge in [0.2, 0.25) is 5.95 Å². The van der Waals surface area contributed by atoms with Crippen molar-refractivity contribution in [3.63, 3.8) is 0 Å². The maximum absolute atomic E-state index is 12.9. The average molecular weight is 389 g/mol. The van der Waals surface area contributed by atoms with Crippen LogP contribution in [0.1, 0.15) is 12.5 Å². The quantitative estimate of drug-likeness (QED) is 0.589. The zero-order valence-corrected chi connectivity index (χ0v) is 14.9. The predicted molar refractivity (Wildman–Crippen MR) is 100 cm³/mol. The summed E-state index contributed by atoms with van der Waals surface area (Å²) in [5, 5.41) is 15.2. The predicted octanol–water partition coefficient (Wildman–Crippen LogP) is 4.09. The van der Waals surface area contributed by atoms with Crippen LogP contribution in [0.3, 0.4) is 0 Å². The number of aliphatic hydroxyl groups is 1. The maximum Gasteiger partial charge on any atom is 0.416 e. The van der Waals surface area contributed by atoms with Crippen LogP contribution in [0.25, 0.3) is 11.3 Å². The zero-order chi connectivity index (χ0) is 20.1. The van der Waals surface area contributed by atoms with Crippen LogP contribution >= 0.6 is 0 Å². The van der Waals surface area contributed by atoms with Gasteiger partial charge in [0, 0.05) is 30.2 Å². The molecule has 0 saturated heterocycles. The molecule has 0 bridgehead atoms. The molecule has 146 valence electrons. The number of aliphatic hydroxyl groups excluding tert-OH is 1. The molecule has 2 heterocycles. The van der Waals surface area contributed by atoms with Crippen LogP contribution in [0.2, 0.25) is 0 Å². The number of hydrogen-bond donors (Lipinski definition) is 3. The molecule has 1 unspecified atom stereocenters. The molecule has 3 rings (SSSR count). The van der Waals surface area contributed by atoms with Gasteiger partial charge >= 0.3 is 6.18 Å². The van der Waals surface area contributed by atoms with E-state index >= 15 is 0 Å². The first kappa shape index (κ1) is 19.6. The lowest BCUT2D eigenvalue weighted by Gasteiger charge is -2.11. The second-order valence-corrected chi connectivity index (χ2v) is 6.13. The largest absolute Gasteiger partial charge is 0.416 e. The number of pyridine rings is 1. The van der Waals surface area contributed by atoms with Crippen molar-refractivity contribution in [1.82, 2.24) is 15.0 Å². The van der Waals surface area contributed by atoms with E-state index in [1.807, 2.05) is 0 Å². The van der Waals surface area contributed by atoms with E-state index in [1.54, 1.807) is 31.3 Å². The van der Waals surface area contributed by atoms with Gasteiger partial charge < -0.3 is 15.7 Å². The third-order valence-corrected chi connectivity index (χ3v) is 3.74. The lowest BCUT2D eigenvalue weighted by Crippen LogP contribution is -2.15. The highest BCUT2D eigenvalue weighted by Gasteiger charge is 2.30. The summed E-state index contributed by atoms with van der Waals surface area (Å²) in [7, 11) is 0. The van der Waals surface area contributed by atoms with E-state index in [4.69, 9.17) is 0 Å². The summed E-state index contributed by atoms with van der Waals surface area (Å²) in [6.45, 7) is 2.01. The van der Waals surface area contributed by atoms with Gasteiger partial charge in [0.25, 0.3) is 0 Å². The maximum atomic E-state index is 12.9. The molecule has 0 saturated carbocycles. The first-order valence-corrected chi connectivity index (χ1v) is 8.47. The Morgan fingerprint density at radius 2 is 1.86 bits per heavy atom.